The summed E-state index contributed by atoms with van der Waals surface area (Å²) in [5.74, 6) is 5.20. The third-order valence-electron chi connectivity index (χ3n) is 1.37. The summed E-state index contributed by atoms with van der Waals surface area (Å²) in [5.41, 5.74) is 11.1. The molecule has 14 heavy (non-hydrogen) atoms. The number of pyridine rings is 1. The lowest BCUT2D eigenvalue weighted by atomic mass is 10.2. The molecule has 0 aliphatic carbocycles. The number of halogens is 1. The number of anilines is 1. The molecule has 0 spiro atoms. The fraction of sp³-hybridized carbons (Fsp3) is 0.111. The lowest BCUT2D eigenvalue weighted by Gasteiger charge is -1.96. The van der Waals surface area contributed by atoms with Crippen molar-refractivity contribution in [2.24, 2.45) is 5.73 Å². The summed E-state index contributed by atoms with van der Waals surface area (Å²) in [5, 5.41) is 0. The van der Waals surface area contributed by atoms with E-state index < -0.39 is 5.91 Å². The van der Waals surface area contributed by atoms with Gasteiger partial charge < -0.3 is 11.5 Å². The highest BCUT2D eigenvalue weighted by atomic mass is 79.9. The fourth-order valence-corrected chi connectivity index (χ4v) is 1.11. The van der Waals surface area contributed by atoms with Crippen LogP contribution in [-0.2, 0) is 4.79 Å². The minimum absolute atomic E-state index is 0.0198. The summed E-state index contributed by atoms with van der Waals surface area (Å²) >= 11 is 3.24. The summed E-state index contributed by atoms with van der Waals surface area (Å²) in [6.07, 6.45) is 1.60. The van der Waals surface area contributed by atoms with Gasteiger partial charge in [-0.3, -0.25) is 4.79 Å². The Bertz CT molecular complexity index is 420. The van der Waals surface area contributed by atoms with Crippen LogP contribution in [0.1, 0.15) is 12.0 Å². The van der Waals surface area contributed by atoms with E-state index in [0.717, 1.165) is 4.47 Å². The van der Waals surface area contributed by atoms with Crippen LogP contribution in [0, 0.1) is 11.8 Å². The average Bonchev–Trinajstić information content (AvgIpc) is 2.10. The van der Waals surface area contributed by atoms with Gasteiger partial charge in [-0.2, -0.15) is 0 Å². The molecule has 5 heteroatoms. The molecule has 0 saturated carbocycles. The lowest BCUT2D eigenvalue weighted by molar-refractivity contribution is -0.117. The van der Waals surface area contributed by atoms with Crippen LogP contribution in [-0.4, -0.2) is 10.9 Å². The maximum atomic E-state index is 10.4. The number of nitrogen functional groups attached to an aromatic ring is 1. The molecule has 0 fully saturated rings. The number of hydrogen-bond donors (Lipinski definition) is 2. The van der Waals surface area contributed by atoms with Gasteiger partial charge in [0.1, 0.15) is 5.82 Å². The van der Waals surface area contributed by atoms with Crippen molar-refractivity contribution in [1.82, 2.24) is 4.98 Å². The molecule has 1 rings (SSSR count). The van der Waals surface area contributed by atoms with Gasteiger partial charge in [-0.1, -0.05) is 11.8 Å². The van der Waals surface area contributed by atoms with E-state index in [1.54, 1.807) is 12.3 Å². The third kappa shape index (κ3) is 3.07. The molecule has 0 bridgehead atoms. The van der Waals surface area contributed by atoms with E-state index in [1.807, 2.05) is 0 Å². The van der Waals surface area contributed by atoms with Gasteiger partial charge in [-0.25, -0.2) is 4.98 Å². The van der Waals surface area contributed by atoms with Crippen molar-refractivity contribution in [3.05, 3.63) is 22.3 Å². The standard InChI is InChI=1S/C9H8BrN3O/c10-7-4-6(9(12)13-5-7)2-1-3-8(11)14/h4-5H,3H2,(H2,11,14)(H2,12,13). The van der Waals surface area contributed by atoms with Crippen molar-refractivity contribution in [2.75, 3.05) is 5.73 Å². The van der Waals surface area contributed by atoms with Gasteiger partial charge in [0.2, 0.25) is 5.91 Å². The molecular weight excluding hydrogens is 246 g/mol. The lowest BCUT2D eigenvalue weighted by Crippen LogP contribution is -2.08. The van der Waals surface area contributed by atoms with Crippen LogP contribution in [0.5, 0.6) is 0 Å². The minimum atomic E-state index is -0.459. The molecule has 0 atom stereocenters. The molecule has 1 aromatic heterocycles. The maximum absolute atomic E-state index is 10.4. The molecule has 1 amide bonds. The maximum Gasteiger partial charge on any atom is 0.229 e. The van der Waals surface area contributed by atoms with E-state index in [-0.39, 0.29) is 6.42 Å². The number of rotatable bonds is 1. The van der Waals surface area contributed by atoms with Crippen molar-refractivity contribution in [3.8, 4) is 11.8 Å². The normalized spacial score (nSPS) is 8.93. The number of carbonyl (C=O) groups is 1. The van der Waals surface area contributed by atoms with Gasteiger partial charge in [0.25, 0.3) is 0 Å². The minimum Gasteiger partial charge on any atom is -0.383 e. The Hall–Kier alpha value is -1.54. The molecule has 1 aromatic rings. The Balaban J connectivity index is 2.88. The molecule has 1 heterocycles. The number of hydrogen-bond acceptors (Lipinski definition) is 3. The topological polar surface area (TPSA) is 82.0 Å². The zero-order chi connectivity index (χ0) is 10.6. The zero-order valence-corrected chi connectivity index (χ0v) is 8.84. The molecule has 0 unspecified atom stereocenters. The van der Waals surface area contributed by atoms with Crippen molar-refractivity contribution < 1.29 is 4.79 Å². The molecule has 4 N–H and O–H groups in total. The van der Waals surface area contributed by atoms with E-state index in [9.17, 15) is 4.79 Å². The number of carbonyl (C=O) groups excluding carboxylic acids is 1. The van der Waals surface area contributed by atoms with Gasteiger partial charge in [0.15, 0.2) is 0 Å². The first kappa shape index (κ1) is 10.5. The van der Waals surface area contributed by atoms with Crippen LogP contribution in [0.25, 0.3) is 0 Å². The molecule has 0 aromatic carbocycles. The smallest absolute Gasteiger partial charge is 0.229 e. The van der Waals surface area contributed by atoms with Crippen LogP contribution in [0.3, 0.4) is 0 Å². The Morgan fingerprint density at radius 1 is 1.64 bits per heavy atom. The average molecular weight is 254 g/mol. The highest BCUT2D eigenvalue weighted by Crippen LogP contribution is 2.13. The van der Waals surface area contributed by atoms with Gasteiger partial charge in [-0.15, -0.1) is 0 Å². The largest absolute Gasteiger partial charge is 0.383 e. The first-order valence-electron chi connectivity index (χ1n) is 3.78. The molecule has 0 radical (unpaired) electrons. The van der Waals surface area contributed by atoms with E-state index in [2.05, 4.69) is 32.8 Å². The van der Waals surface area contributed by atoms with E-state index in [4.69, 9.17) is 11.5 Å². The predicted molar refractivity (Wildman–Crippen MR) is 57.0 cm³/mol. The number of primary amides is 1. The van der Waals surface area contributed by atoms with E-state index in [1.165, 1.54) is 0 Å². The van der Waals surface area contributed by atoms with Crippen molar-refractivity contribution >= 4 is 27.7 Å². The molecule has 0 aliphatic heterocycles. The number of nitrogens with zero attached hydrogens (tertiary/aromatic N) is 1. The summed E-state index contributed by atoms with van der Waals surface area (Å²) in [4.78, 5) is 14.3. The number of nitrogens with two attached hydrogens (primary N) is 2. The van der Waals surface area contributed by atoms with Crippen molar-refractivity contribution in [1.29, 1.82) is 0 Å². The van der Waals surface area contributed by atoms with Crippen molar-refractivity contribution in [2.45, 2.75) is 6.42 Å². The summed E-state index contributed by atoms with van der Waals surface area (Å²) in [6.45, 7) is 0. The van der Waals surface area contributed by atoms with E-state index >= 15 is 0 Å². The zero-order valence-electron chi connectivity index (χ0n) is 7.25. The highest BCUT2D eigenvalue weighted by molar-refractivity contribution is 9.10. The quantitative estimate of drug-likeness (QED) is 0.722. The van der Waals surface area contributed by atoms with Crippen LogP contribution < -0.4 is 11.5 Å². The van der Waals surface area contributed by atoms with Crippen LogP contribution in [0.2, 0.25) is 0 Å². The fourth-order valence-electron chi connectivity index (χ4n) is 0.777. The van der Waals surface area contributed by atoms with Gasteiger partial charge in [0, 0.05) is 10.7 Å². The second-order valence-electron chi connectivity index (χ2n) is 2.53. The first-order valence-corrected chi connectivity index (χ1v) is 4.57. The van der Waals surface area contributed by atoms with Crippen LogP contribution >= 0.6 is 15.9 Å². The Labute approximate surface area is 89.8 Å². The SMILES string of the molecule is NC(=O)CC#Cc1cc(Br)cnc1N. The highest BCUT2D eigenvalue weighted by Gasteiger charge is 1.97. The second-order valence-corrected chi connectivity index (χ2v) is 3.45. The predicted octanol–water partition coefficient (Wildman–Crippen LogP) is 0.653. The first-order chi connectivity index (χ1) is 6.59. The molecule has 0 aliphatic rings. The van der Waals surface area contributed by atoms with E-state index in [0.29, 0.717) is 11.4 Å². The molecule has 72 valence electrons. The van der Waals surface area contributed by atoms with Crippen molar-refractivity contribution in [3.63, 3.8) is 0 Å². The van der Waals surface area contributed by atoms with Crippen LogP contribution in [0.15, 0.2) is 16.7 Å². The molecule has 0 saturated heterocycles. The monoisotopic (exact) mass is 253 g/mol. The van der Waals surface area contributed by atoms with Gasteiger partial charge >= 0.3 is 0 Å². The molecular formula is C9H8BrN3O. The second kappa shape index (κ2) is 4.63. The summed E-state index contributed by atoms with van der Waals surface area (Å²) in [6, 6.07) is 1.73. The summed E-state index contributed by atoms with van der Waals surface area (Å²) < 4.78 is 0.787. The number of amides is 1. The van der Waals surface area contributed by atoms with Gasteiger partial charge in [-0.05, 0) is 22.0 Å². The summed E-state index contributed by atoms with van der Waals surface area (Å²) in [7, 11) is 0. The molecule has 4 nitrogen and oxygen atoms in total. The Kier molecular flexibility index (Phi) is 3.48. The Morgan fingerprint density at radius 3 is 3.00 bits per heavy atom. The third-order valence-corrected chi connectivity index (χ3v) is 1.80. The van der Waals surface area contributed by atoms with Crippen LogP contribution in [0.4, 0.5) is 5.82 Å². The Morgan fingerprint density at radius 2 is 2.36 bits per heavy atom. The number of aromatic nitrogens is 1. The van der Waals surface area contributed by atoms with Gasteiger partial charge in [0.05, 0.1) is 12.0 Å².